The predicted octanol–water partition coefficient (Wildman–Crippen LogP) is 3.99. The third-order valence-electron chi connectivity index (χ3n) is 3.55. The maximum atomic E-state index is 12.6. The molecule has 5 heteroatoms. The molecule has 0 radical (unpaired) electrons. The molecule has 0 unspecified atom stereocenters. The number of amides is 1. The summed E-state index contributed by atoms with van der Waals surface area (Å²) in [6.07, 6.45) is 0. The quantitative estimate of drug-likeness (QED) is 0.633. The standard InChI is InChI=1S/C17H18N2O3/c1-12(2)15-6-4-5-7-16(15)18(3)17(20)13-8-10-14(11-9-13)19(21)22/h4-12H,1-3H3. The number of carbonyl (C=O) groups is 1. The van der Waals surface area contributed by atoms with Gasteiger partial charge in [0.1, 0.15) is 0 Å². The summed E-state index contributed by atoms with van der Waals surface area (Å²) >= 11 is 0. The highest BCUT2D eigenvalue weighted by atomic mass is 16.6. The summed E-state index contributed by atoms with van der Waals surface area (Å²) in [5, 5.41) is 10.7. The number of benzene rings is 2. The smallest absolute Gasteiger partial charge is 0.269 e. The number of anilines is 1. The van der Waals surface area contributed by atoms with Gasteiger partial charge in [0.2, 0.25) is 0 Å². The molecule has 0 aliphatic carbocycles. The zero-order chi connectivity index (χ0) is 16.3. The van der Waals surface area contributed by atoms with E-state index in [-0.39, 0.29) is 11.6 Å². The van der Waals surface area contributed by atoms with E-state index in [1.807, 2.05) is 24.3 Å². The molecule has 1 amide bonds. The highest BCUT2D eigenvalue weighted by Gasteiger charge is 2.18. The van der Waals surface area contributed by atoms with Crippen molar-refractivity contribution in [1.29, 1.82) is 0 Å². The maximum absolute atomic E-state index is 12.6. The van der Waals surface area contributed by atoms with Crippen molar-refractivity contribution in [3.8, 4) is 0 Å². The molecule has 22 heavy (non-hydrogen) atoms. The molecule has 0 bridgehead atoms. The van der Waals surface area contributed by atoms with Crippen LogP contribution in [0, 0.1) is 10.1 Å². The highest BCUT2D eigenvalue weighted by Crippen LogP contribution is 2.27. The van der Waals surface area contributed by atoms with Crippen molar-refractivity contribution in [2.75, 3.05) is 11.9 Å². The summed E-state index contributed by atoms with van der Waals surface area (Å²) in [7, 11) is 1.71. The van der Waals surface area contributed by atoms with Crippen LogP contribution in [0.1, 0.15) is 35.7 Å². The molecule has 0 aliphatic rings. The average Bonchev–Trinajstić information content (AvgIpc) is 2.53. The van der Waals surface area contributed by atoms with E-state index in [2.05, 4.69) is 13.8 Å². The molecule has 0 fully saturated rings. The Bertz CT molecular complexity index is 693. The number of hydrogen-bond donors (Lipinski definition) is 0. The molecule has 0 N–H and O–H groups in total. The summed E-state index contributed by atoms with van der Waals surface area (Å²) in [5.41, 5.74) is 2.33. The largest absolute Gasteiger partial charge is 0.311 e. The van der Waals surface area contributed by atoms with E-state index < -0.39 is 4.92 Å². The van der Waals surface area contributed by atoms with Gasteiger partial charge in [0.25, 0.3) is 11.6 Å². The van der Waals surface area contributed by atoms with E-state index in [9.17, 15) is 14.9 Å². The second kappa shape index (κ2) is 6.39. The summed E-state index contributed by atoms with van der Waals surface area (Å²) in [6.45, 7) is 4.14. The molecule has 0 aromatic heterocycles. The Morgan fingerprint density at radius 2 is 1.68 bits per heavy atom. The zero-order valence-electron chi connectivity index (χ0n) is 12.8. The summed E-state index contributed by atoms with van der Waals surface area (Å²) in [5.74, 6) is 0.103. The number of para-hydroxylation sites is 1. The molecule has 2 aromatic carbocycles. The van der Waals surface area contributed by atoms with E-state index >= 15 is 0 Å². The topological polar surface area (TPSA) is 63.5 Å². The van der Waals surface area contributed by atoms with Gasteiger partial charge in [-0.2, -0.15) is 0 Å². The lowest BCUT2D eigenvalue weighted by atomic mass is 10.0. The van der Waals surface area contributed by atoms with Crippen LogP contribution >= 0.6 is 0 Å². The number of nitro benzene ring substituents is 1. The number of carbonyl (C=O) groups excluding carboxylic acids is 1. The van der Waals surface area contributed by atoms with Gasteiger partial charge in [0.15, 0.2) is 0 Å². The van der Waals surface area contributed by atoms with Crippen molar-refractivity contribution in [2.45, 2.75) is 19.8 Å². The zero-order valence-corrected chi connectivity index (χ0v) is 12.8. The van der Waals surface area contributed by atoms with Crippen LogP contribution in [0.4, 0.5) is 11.4 Å². The summed E-state index contributed by atoms with van der Waals surface area (Å²) in [6, 6.07) is 13.4. The third-order valence-corrected chi connectivity index (χ3v) is 3.55. The van der Waals surface area contributed by atoms with Gasteiger partial charge in [0.05, 0.1) is 4.92 Å². The van der Waals surface area contributed by atoms with Gasteiger partial charge < -0.3 is 4.90 Å². The molecule has 0 saturated heterocycles. The molecule has 0 saturated carbocycles. The summed E-state index contributed by atoms with van der Waals surface area (Å²) < 4.78 is 0. The van der Waals surface area contributed by atoms with Crippen LogP contribution in [0.3, 0.4) is 0 Å². The normalized spacial score (nSPS) is 10.5. The SMILES string of the molecule is CC(C)c1ccccc1N(C)C(=O)c1ccc([N+](=O)[O-])cc1. The van der Waals surface area contributed by atoms with E-state index in [4.69, 9.17) is 0 Å². The molecule has 5 nitrogen and oxygen atoms in total. The van der Waals surface area contributed by atoms with Crippen LogP contribution in [0.2, 0.25) is 0 Å². The molecule has 0 aliphatic heterocycles. The Labute approximate surface area is 129 Å². The fourth-order valence-electron chi connectivity index (χ4n) is 2.31. The van der Waals surface area contributed by atoms with E-state index in [1.165, 1.54) is 24.3 Å². The van der Waals surface area contributed by atoms with Gasteiger partial charge >= 0.3 is 0 Å². The lowest BCUT2D eigenvalue weighted by molar-refractivity contribution is -0.384. The summed E-state index contributed by atoms with van der Waals surface area (Å²) in [4.78, 5) is 24.3. The maximum Gasteiger partial charge on any atom is 0.269 e. The number of nitrogens with zero attached hydrogens (tertiary/aromatic N) is 2. The Kier molecular flexibility index (Phi) is 4.56. The van der Waals surface area contributed by atoms with E-state index in [0.29, 0.717) is 11.5 Å². The average molecular weight is 298 g/mol. The van der Waals surface area contributed by atoms with Crippen LogP contribution in [-0.2, 0) is 0 Å². The Morgan fingerprint density at radius 1 is 1.09 bits per heavy atom. The lowest BCUT2D eigenvalue weighted by Crippen LogP contribution is -2.27. The number of nitro groups is 1. The van der Waals surface area contributed by atoms with Gasteiger partial charge in [-0.3, -0.25) is 14.9 Å². The monoisotopic (exact) mass is 298 g/mol. The molecular formula is C17H18N2O3. The molecule has 114 valence electrons. The Hall–Kier alpha value is -2.69. The molecule has 0 heterocycles. The molecule has 0 atom stereocenters. The van der Waals surface area contributed by atoms with Crippen LogP contribution < -0.4 is 4.90 Å². The van der Waals surface area contributed by atoms with Crippen molar-refractivity contribution in [3.63, 3.8) is 0 Å². The number of rotatable bonds is 4. The fourth-order valence-corrected chi connectivity index (χ4v) is 2.31. The molecule has 2 rings (SSSR count). The van der Waals surface area contributed by atoms with E-state index in [1.54, 1.807) is 11.9 Å². The van der Waals surface area contributed by atoms with Crippen molar-refractivity contribution in [3.05, 3.63) is 69.8 Å². The lowest BCUT2D eigenvalue weighted by Gasteiger charge is -2.22. The molecule has 0 spiro atoms. The van der Waals surface area contributed by atoms with Crippen LogP contribution in [0.5, 0.6) is 0 Å². The number of hydrogen-bond acceptors (Lipinski definition) is 3. The minimum atomic E-state index is -0.480. The highest BCUT2D eigenvalue weighted by molar-refractivity contribution is 6.06. The van der Waals surface area contributed by atoms with Crippen molar-refractivity contribution < 1.29 is 9.72 Å². The molecular weight excluding hydrogens is 280 g/mol. The van der Waals surface area contributed by atoms with Gasteiger partial charge in [-0.05, 0) is 29.7 Å². The number of non-ortho nitro benzene ring substituents is 1. The first-order valence-electron chi connectivity index (χ1n) is 7.03. The van der Waals surface area contributed by atoms with Gasteiger partial charge in [-0.15, -0.1) is 0 Å². The second-order valence-electron chi connectivity index (χ2n) is 5.38. The van der Waals surface area contributed by atoms with Crippen molar-refractivity contribution in [1.82, 2.24) is 0 Å². The van der Waals surface area contributed by atoms with Crippen LogP contribution in [0.25, 0.3) is 0 Å². The first kappa shape index (κ1) is 15.7. The van der Waals surface area contributed by atoms with Gasteiger partial charge in [-0.25, -0.2) is 0 Å². The first-order valence-corrected chi connectivity index (χ1v) is 7.03. The fraction of sp³-hybridized carbons (Fsp3) is 0.235. The van der Waals surface area contributed by atoms with E-state index in [0.717, 1.165) is 11.3 Å². The second-order valence-corrected chi connectivity index (χ2v) is 5.38. The van der Waals surface area contributed by atoms with Gasteiger partial charge in [-0.1, -0.05) is 32.0 Å². The van der Waals surface area contributed by atoms with Crippen LogP contribution in [0.15, 0.2) is 48.5 Å². The van der Waals surface area contributed by atoms with Crippen LogP contribution in [-0.4, -0.2) is 17.9 Å². The first-order chi connectivity index (χ1) is 10.4. The molecule has 2 aromatic rings. The third kappa shape index (κ3) is 3.14. The van der Waals surface area contributed by atoms with Crippen molar-refractivity contribution >= 4 is 17.3 Å². The Morgan fingerprint density at radius 3 is 2.23 bits per heavy atom. The Balaban J connectivity index is 2.31. The minimum Gasteiger partial charge on any atom is -0.311 e. The van der Waals surface area contributed by atoms with Crippen molar-refractivity contribution in [2.24, 2.45) is 0 Å². The predicted molar refractivity (Wildman–Crippen MR) is 86.4 cm³/mol. The minimum absolute atomic E-state index is 0.0261. The van der Waals surface area contributed by atoms with Gasteiger partial charge in [0, 0.05) is 30.4 Å².